The summed E-state index contributed by atoms with van der Waals surface area (Å²) in [6.45, 7) is 2.04. The first-order chi connectivity index (χ1) is 10.0. The van der Waals surface area contributed by atoms with Gasteiger partial charge in [-0.05, 0) is 13.0 Å². The van der Waals surface area contributed by atoms with Crippen LogP contribution >= 0.6 is 0 Å². The number of ether oxygens (including phenoxy) is 2. The van der Waals surface area contributed by atoms with Gasteiger partial charge in [0.1, 0.15) is 23.9 Å². The number of aromatic hydroxyl groups is 1. The van der Waals surface area contributed by atoms with Gasteiger partial charge in [-0.1, -0.05) is 0 Å². The summed E-state index contributed by atoms with van der Waals surface area (Å²) >= 11 is 0. The van der Waals surface area contributed by atoms with Crippen molar-refractivity contribution < 1.29 is 23.8 Å². The van der Waals surface area contributed by atoms with Crippen molar-refractivity contribution in [2.24, 2.45) is 0 Å². The van der Waals surface area contributed by atoms with Crippen LogP contribution in [0.5, 0.6) is 11.5 Å². The summed E-state index contributed by atoms with van der Waals surface area (Å²) in [4.78, 5) is 24.2. The van der Waals surface area contributed by atoms with E-state index in [1.54, 1.807) is 6.92 Å². The molecule has 0 fully saturated rings. The van der Waals surface area contributed by atoms with Crippen LogP contribution in [0.2, 0.25) is 0 Å². The molecule has 7 heteroatoms. The molecular formula is C14H12FNO5. The summed E-state index contributed by atoms with van der Waals surface area (Å²) in [5, 5.41) is 10.2. The van der Waals surface area contributed by atoms with Crippen LogP contribution in [0.15, 0.2) is 16.9 Å². The third-order valence-electron chi connectivity index (χ3n) is 3.31. The van der Waals surface area contributed by atoms with Crippen molar-refractivity contribution in [2.75, 3.05) is 13.2 Å². The molecule has 0 bridgehead atoms. The monoisotopic (exact) mass is 293 g/mol. The lowest BCUT2D eigenvalue weighted by molar-refractivity contribution is 0.0520. The highest BCUT2D eigenvalue weighted by atomic mass is 19.1. The zero-order chi connectivity index (χ0) is 15.1. The van der Waals surface area contributed by atoms with Gasteiger partial charge in [-0.3, -0.25) is 4.79 Å². The third-order valence-corrected chi connectivity index (χ3v) is 3.31. The molecule has 110 valence electrons. The number of aromatic nitrogens is 1. The van der Waals surface area contributed by atoms with Crippen molar-refractivity contribution in [3.05, 3.63) is 33.9 Å². The zero-order valence-corrected chi connectivity index (χ0v) is 11.2. The Morgan fingerprint density at radius 1 is 1.52 bits per heavy atom. The summed E-state index contributed by atoms with van der Waals surface area (Å²) in [6.07, 6.45) is 0. The van der Waals surface area contributed by atoms with Crippen molar-refractivity contribution in [3.63, 3.8) is 0 Å². The number of benzene rings is 1. The van der Waals surface area contributed by atoms with Crippen molar-refractivity contribution in [2.45, 2.75) is 13.5 Å². The minimum atomic E-state index is -0.928. The summed E-state index contributed by atoms with van der Waals surface area (Å²) in [5.41, 5.74) is -0.879. The molecule has 0 saturated heterocycles. The fourth-order valence-electron chi connectivity index (χ4n) is 2.46. The summed E-state index contributed by atoms with van der Waals surface area (Å²) in [6, 6.07) is 2.20. The predicted molar refractivity (Wildman–Crippen MR) is 71.3 cm³/mol. The number of rotatable bonds is 2. The zero-order valence-electron chi connectivity index (χ0n) is 11.2. The molecule has 0 amide bonds. The molecule has 0 spiro atoms. The van der Waals surface area contributed by atoms with Gasteiger partial charge in [0.25, 0.3) is 5.56 Å². The number of carbonyl (C=O) groups excluding carboxylic acids is 1. The maximum absolute atomic E-state index is 13.6. The molecule has 0 atom stereocenters. The average molecular weight is 293 g/mol. The Kier molecular flexibility index (Phi) is 3.04. The Bertz CT molecular complexity index is 811. The van der Waals surface area contributed by atoms with Crippen LogP contribution in [-0.4, -0.2) is 28.9 Å². The second-order valence-electron chi connectivity index (χ2n) is 4.55. The van der Waals surface area contributed by atoms with E-state index in [-0.39, 0.29) is 36.4 Å². The fraction of sp³-hybridized carbons (Fsp3) is 0.286. The van der Waals surface area contributed by atoms with E-state index in [2.05, 4.69) is 0 Å². The Morgan fingerprint density at radius 2 is 2.29 bits per heavy atom. The normalized spacial score (nSPS) is 13.0. The van der Waals surface area contributed by atoms with Gasteiger partial charge in [0, 0.05) is 11.5 Å². The van der Waals surface area contributed by atoms with Crippen molar-refractivity contribution in [3.8, 4) is 11.5 Å². The molecule has 2 heterocycles. The number of pyridine rings is 1. The minimum absolute atomic E-state index is 0.0485. The van der Waals surface area contributed by atoms with Crippen molar-refractivity contribution in [1.29, 1.82) is 0 Å². The molecule has 1 aliphatic rings. The maximum Gasteiger partial charge on any atom is 0.347 e. The molecule has 0 saturated carbocycles. The van der Waals surface area contributed by atoms with Crippen LogP contribution in [0.1, 0.15) is 17.3 Å². The highest BCUT2D eigenvalue weighted by molar-refractivity contribution is 6.01. The standard InChI is InChI=1S/C14H12FNO5/c1-2-20-14(19)10-12(17)8-5-7(15)6-9-11(8)16(13(10)18)3-4-21-9/h5-6,17H,2-4H2,1H3. The smallest absolute Gasteiger partial charge is 0.347 e. The molecule has 2 aromatic rings. The van der Waals surface area contributed by atoms with Crippen molar-refractivity contribution in [1.82, 2.24) is 4.57 Å². The van der Waals surface area contributed by atoms with E-state index in [1.807, 2.05) is 0 Å². The average Bonchev–Trinajstić information content (AvgIpc) is 2.44. The van der Waals surface area contributed by atoms with E-state index in [0.717, 1.165) is 12.1 Å². The molecule has 1 aromatic carbocycles. The topological polar surface area (TPSA) is 77.8 Å². The maximum atomic E-state index is 13.6. The quantitative estimate of drug-likeness (QED) is 0.847. The van der Waals surface area contributed by atoms with E-state index < -0.39 is 28.7 Å². The molecule has 3 rings (SSSR count). The molecule has 0 aliphatic carbocycles. The van der Waals surface area contributed by atoms with E-state index in [1.165, 1.54) is 4.57 Å². The second-order valence-corrected chi connectivity index (χ2v) is 4.55. The van der Waals surface area contributed by atoms with E-state index in [4.69, 9.17) is 9.47 Å². The van der Waals surface area contributed by atoms with Gasteiger partial charge < -0.3 is 19.1 Å². The SMILES string of the molecule is CCOC(=O)c1c(O)c2cc(F)cc3c2n(c1=O)CCO3. The van der Waals surface area contributed by atoms with Crippen molar-refractivity contribution >= 4 is 16.9 Å². The van der Waals surface area contributed by atoms with Gasteiger partial charge in [-0.15, -0.1) is 0 Å². The summed E-state index contributed by atoms with van der Waals surface area (Å²) in [7, 11) is 0. The van der Waals surface area contributed by atoms with Crippen LogP contribution in [-0.2, 0) is 11.3 Å². The van der Waals surface area contributed by atoms with Gasteiger partial charge >= 0.3 is 5.97 Å². The Hall–Kier alpha value is -2.57. The van der Waals surface area contributed by atoms with Crippen LogP contribution in [0, 0.1) is 5.82 Å². The molecular weight excluding hydrogens is 281 g/mol. The number of carbonyl (C=O) groups is 1. The third kappa shape index (κ3) is 1.93. The summed E-state index contributed by atoms with van der Waals surface area (Å²) in [5.74, 6) is -1.98. The predicted octanol–water partition coefficient (Wildman–Crippen LogP) is 1.42. The van der Waals surface area contributed by atoms with Gasteiger partial charge in [0.15, 0.2) is 5.56 Å². The number of nitrogens with zero attached hydrogens (tertiary/aromatic N) is 1. The molecule has 1 aliphatic heterocycles. The first-order valence-electron chi connectivity index (χ1n) is 6.43. The Morgan fingerprint density at radius 3 is 3.00 bits per heavy atom. The number of hydrogen-bond acceptors (Lipinski definition) is 5. The molecule has 1 N–H and O–H groups in total. The lowest BCUT2D eigenvalue weighted by Gasteiger charge is -2.21. The highest BCUT2D eigenvalue weighted by Gasteiger charge is 2.27. The van der Waals surface area contributed by atoms with Gasteiger partial charge in [-0.2, -0.15) is 0 Å². The van der Waals surface area contributed by atoms with Gasteiger partial charge in [0.2, 0.25) is 0 Å². The first kappa shape index (κ1) is 13.4. The molecule has 0 unspecified atom stereocenters. The highest BCUT2D eigenvalue weighted by Crippen LogP contribution is 2.35. The minimum Gasteiger partial charge on any atom is -0.506 e. The number of halogens is 1. The van der Waals surface area contributed by atoms with E-state index in [0.29, 0.717) is 0 Å². The lowest BCUT2D eigenvalue weighted by atomic mass is 10.1. The van der Waals surface area contributed by atoms with Crippen LogP contribution in [0.25, 0.3) is 10.9 Å². The van der Waals surface area contributed by atoms with Gasteiger partial charge in [0.05, 0.1) is 18.7 Å². The molecule has 21 heavy (non-hydrogen) atoms. The Labute approximate surface area is 118 Å². The number of hydrogen-bond donors (Lipinski definition) is 1. The summed E-state index contributed by atoms with van der Waals surface area (Å²) < 4.78 is 25.0. The fourth-order valence-corrected chi connectivity index (χ4v) is 2.46. The second kappa shape index (κ2) is 4.76. The van der Waals surface area contributed by atoms with Crippen LogP contribution in [0.4, 0.5) is 4.39 Å². The van der Waals surface area contributed by atoms with Gasteiger partial charge in [-0.25, -0.2) is 9.18 Å². The van der Waals surface area contributed by atoms with Crippen LogP contribution < -0.4 is 10.3 Å². The molecule has 0 radical (unpaired) electrons. The number of esters is 1. The lowest BCUT2D eigenvalue weighted by Crippen LogP contribution is -2.32. The molecule has 1 aromatic heterocycles. The molecule has 6 nitrogen and oxygen atoms in total. The first-order valence-corrected chi connectivity index (χ1v) is 6.43. The largest absolute Gasteiger partial charge is 0.506 e. The van der Waals surface area contributed by atoms with E-state index >= 15 is 0 Å². The van der Waals surface area contributed by atoms with E-state index in [9.17, 15) is 19.1 Å². The van der Waals surface area contributed by atoms with Crippen LogP contribution in [0.3, 0.4) is 0 Å². The Balaban J connectivity index is 2.43.